The van der Waals surface area contributed by atoms with Crippen LogP contribution >= 0.6 is 15.9 Å². The third kappa shape index (κ3) is 5.65. The minimum absolute atomic E-state index is 0.0759. The summed E-state index contributed by atoms with van der Waals surface area (Å²) in [6, 6.07) is 19.6. The molecule has 0 unspecified atom stereocenters. The van der Waals surface area contributed by atoms with Gasteiger partial charge >= 0.3 is 5.97 Å². The summed E-state index contributed by atoms with van der Waals surface area (Å²) >= 11 is 3.36. The monoisotopic (exact) mass is 469 g/mol. The van der Waals surface area contributed by atoms with Crippen molar-refractivity contribution in [2.24, 2.45) is 10.9 Å². The molecule has 0 saturated heterocycles. The van der Waals surface area contributed by atoms with Gasteiger partial charge in [0.1, 0.15) is 12.4 Å². The zero-order valence-corrected chi connectivity index (χ0v) is 17.1. The highest BCUT2D eigenvalue weighted by Gasteiger charge is 2.10. The molecule has 0 amide bonds. The van der Waals surface area contributed by atoms with Crippen molar-refractivity contribution >= 4 is 33.4 Å². The van der Waals surface area contributed by atoms with Gasteiger partial charge in [-0.25, -0.2) is 4.79 Å². The van der Waals surface area contributed by atoms with Crippen LogP contribution in [0.2, 0.25) is 0 Å². The molecule has 3 aromatic carbocycles. The van der Waals surface area contributed by atoms with Crippen LogP contribution in [0.15, 0.2) is 82.4 Å². The van der Waals surface area contributed by atoms with Crippen LogP contribution in [0.3, 0.4) is 0 Å². The molecule has 0 aliphatic heterocycles. The van der Waals surface area contributed by atoms with Gasteiger partial charge in [-0.2, -0.15) is 0 Å². The maximum absolute atomic E-state index is 12.3. The SMILES string of the molecule is N/C(=N\OC(=O)c1cccc(COc2ccc(Br)cc2)c1)c1ccc([N+](=O)[O-])cc1. The number of carbonyl (C=O) groups excluding carboxylic acids is 1. The van der Waals surface area contributed by atoms with Crippen LogP contribution in [0.1, 0.15) is 21.5 Å². The van der Waals surface area contributed by atoms with Crippen LogP contribution in [0.5, 0.6) is 5.75 Å². The highest BCUT2D eigenvalue weighted by Crippen LogP contribution is 2.18. The van der Waals surface area contributed by atoms with Crippen LogP contribution in [0.25, 0.3) is 0 Å². The minimum atomic E-state index is -0.689. The van der Waals surface area contributed by atoms with Gasteiger partial charge in [-0.05, 0) is 54.1 Å². The van der Waals surface area contributed by atoms with Gasteiger partial charge in [0.15, 0.2) is 5.84 Å². The average Bonchev–Trinajstić information content (AvgIpc) is 2.77. The Hall–Kier alpha value is -3.72. The van der Waals surface area contributed by atoms with Crippen LogP contribution in [-0.2, 0) is 11.4 Å². The van der Waals surface area contributed by atoms with Crippen molar-refractivity contribution < 1.29 is 19.3 Å². The van der Waals surface area contributed by atoms with Gasteiger partial charge in [0.05, 0.1) is 10.5 Å². The van der Waals surface area contributed by atoms with Crippen molar-refractivity contribution in [2.75, 3.05) is 0 Å². The number of oxime groups is 1. The molecule has 0 bridgehead atoms. The second-order valence-electron chi connectivity index (χ2n) is 6.10. The van der Waals surface area contributed by atoms with E-state index in [4.69, 9.17) is 15.3 Å². The van der Waals surface area contributed by atoms with Gasteiger partial charge < -0.3 is 15.3 Å². The molecule has 0 aliphatic carbocycles. The number of nitro groups is 1. The lowest BCUT2D eigenvalue weighted by molar-refractivity contribution is -0.384. The number of carbonyl (C=O) groups is 1. The van der Waals surface area contributed by atoms with E-state index in [9.17, 15) is 14.9 Å². The first kappa shape index (κ1) is 21.0. The molecule has 8 nitrogen and oxygen atoms in total. The van der Waals surface area contributed by atoms with Crippen molar-refractivity contribution in [3.63, 3.8) is 0 Å². The normalized spacial score (nSPS) is 11.0. The lowest BCUT2D eigenvalue weighted by Gasteiger charge is -2.07. The standard InChI is InChI=1S/C21H16BrN3O5/c22-17-6-10-19(11-7-17)29-13-14-2-1-3-16(12-14)21(26)30-24-20(23)15-4-8-18(9-5-15)25(27)28/h1-12H,13H2,(H2,23,24). The molecule has 0 heterocycles. The predicted octanol–water partition coefficient (Wildman–Crippen LogP) is 4.41. The molecule has 0 spiro atoms. The van der Waals surface area contributed by atoms with Crippen LogP contribution < -0.4 is 10.5 Å². The molecule has 2 N–H and O–H groups in total. The molecular weight excluding hydrogens is 454 g/mol. The predicted molar refractivity (Wildman–Crippen MR) is 114 cm³/mol. The Balaban J connectivity index is 1.62. The van der Waals surface area contributed by atoms with E-state index in [0.717, 1.165) is 10.0 Å². The van der Waals surface area contributed by atoms with Crippen molar-refractivity contribution in [3.8, 4) is 5.75 Å². The summed E-state index contributed by atoms with van der Waals surface area (Å²) in [7, 11) is 0. The molecule has 9 heteroatoms. The van der Waals surface area contributed by atoms with E-state index in [1.807, 2.05) is 30.3 Å². The fourth-order valence-electron chi connectivity index (χ4n) is 2.44. The Morgan fingerprint density at radius 1 is 1.03 bits per heavy atom. The zero-order valence-electron chi connectivity index (χ0n) is 15.5. The number of non-ortho nitro benzene ring substituents is 1. The molecule has 0 aromatic heterocycles. The number of halogens is 1. The van der Waals surface area contributed by atoms with Gasteiger partial charge in [0.2, 0.25) is 0 Å². The summed E-state index contributed by atoms with van der Waals surface area (Å²) in [5.74, 6) is -0.0648. The van der Waals surface area contributed by atoms with E-state index in [-0.39, 0.29) is 23.7 Å². The molecular formula is C21H16BrN3O5. The lowest BCUT2D eigenvalue weighted by Crippen LogP contribution is -2.15. The lowest BCUT2D eigenvalue weighted by atomic mass is 10.1. The summed E-state index contributed by atoms with van der Waals surface area (Å²) in [6.45, 7) is 0.275. The second-order valence-corrected chi connectivity index (χ2v) is 7.02. The van der Waals surface area contributed by atoms with Crippen molar-refractivity contribution in [1.29, 1.82) is 0 Å². The first-order valence-electron chi connectivity index (χ1n) is 8.69. The Bertz CT molecular complexity index is 1080. The molecule has 0 aliphatic rings. The van der Waals surface area contributed by atoms with E-state index < -0.39 is 10.9 Å². The summed E-state index contributed by atoms with van der Waals surface area (Å²) in [5, 5.41) is 14.3. The molecule has 30 heavy (non-hydrogen) atoms. The molecule has 3 rings (SSSR count). The Morgan fingerprint density at radius 2 is 1.73 bits per heavy atom. The molecule has 0 fully saturated rings. The van der Waals surface area contributed by atoms with E-state index in [1.54, 1.807) is 18.2 Å². The largest absolute Gasteiger partial charge is 0.489 e. The number of rotatable bonds is 7. The number of nitrogens with two attached hydrogens (primary N) is 1. The first-order chi connectivity index (χ1) is 14.4. The van der Waals surface area contributed by atoms with Gasteiger partial charge in [0, 0.05) is 22.2 Å². The van der Waals surface area contributed by atoms with Crippen LogP contribution in [0.4, 0.5) is 5.69 Å². The fourth-order valence-corrected chi connectivity index (χ4v) is 2.70. The van der Waals surface area contributed by atoms with Gasteiger partial charge in [-0.3, -0.25) is 10.1 Å². The summed E-state index contributed by atoms with van der Waals surface area (Å²) in [4.78, 5) is 27.3. The summed E-state index contributed by atoms with van der Waals surface area (Å²) < 4.78 is 6.65. The van der Waals surface area contributed by atoms with Crippen molar-refractivity contribution in [3.05, 3.63) is 104 Å². The average molecular weight is 470 g/mol. The van der Waals surface area contributed by atoms with Gasteiger partial charge in [-0.15, -0.1) is 0 Å². The van der Waals surface area contributed by atoms with Gasteiger partial charge in [-0.1, -0.05) is 33.2 Å². The van der Waals surface area contributed by atoms with E-state index in [1.165, 1.54) is 24.3 Å². The van der Waals surface area contributed by atoms with E-state index >= 15 is 0 Å². The molecule has 0 atom stereocenters. The van der Waals surface area contributed by atoms with Crippen LogP contribution in [0, 0.1) is 10.1 Å². The third-order valence-electron chi connectivity index (χ3n) is 3.98. The highest BCUT2D eigenvalue weighted by molar-refractivity contribution is 9.10. The Morgan fingerprint density at radius 3 is 2.40 bits per heavy atom. The van der Waals surface area contributed by atoms with Gasteiger partial charge in [0.25, 0.3) is 5.69 Å². The van der Waals surface area contributed by atoms with Crippen LogP contribution in [-0.4, -0.2) is 16.7 Å². The highest BCUT2D eigenvalue weighted by atomic mass is 79.9. The Labute approximate surface area is 180 Å². The van der Waals surface area contributed by atoms with Crippen molar-refractivity contribution in [1.82, 2.24) is 0 Å². The molecule has 3 aromatic rings. The number of amidine groups is 1. The quantitative estimate of drug-likeness (QED) is 0.180. The van der Waals surface area contributed by atoms with E-state index in [2.05, 4.69) is 21.1 Å². The minimum Gasteiger partial charge on any atom is -0.489 e. The van der Waals surface area contributed by atoms with Crippen molar-refractivity contribution in [2.45, 2.75) is 6.61 Å². The Kier molecular flexibility index (Phi) is 6.76. The third-order valence-corrected chi connectivity index (χ3v) is 4.51. The fraction of sp³-hybridized carbons (Fsp3) is 0.0476. The summed E-state index contributed by atoms with van der Waals surface area (Å²) in [6.07, 6.45) is 0. The number of benzene rings is 3. The maximum atomic E-state index is 12.3. The number of ether oxygens (including phenoxy) is 1. The topological polar surface area (TPSA) is 117 Å². The number of hydrogen-bond acceptors (Lipinski definition) is 6. The second kappa shape index (κ2) is 9.66. The number of nitro benzene ring substituents is 1. The van der Waals surface area contributed by atoms with E-state index in [0.29, 0.717) is 11.3 Å². The maximum Gasteiger partial charge on any atom is 0.365 e. The zero-order chi connectivity index (χ0) is 21.5. The smallest absolute Gasteiger partial charge is 0.365 e. The molecule has 0 radical (unpaired) electrons. The molecule has 152 valence electrons. The number of nitrogens with zero attached hydrogens (tertiary/aromatic N) is 2. The first-order valence-corrected chi connectivity index (χ1v) is 9.48. The number of hydrogen-bond donors (Lipinski definition) is 1. The summed E-state index contributed by atoms with van der Waals surface area (Å²) in [5.41, 5.74) is 7.16. The molecule has 0 saturated carbocycles.